The lowest BCUT2D eigenvalue weighted by Gasteiger charge is -2.04. The molecule has 0 unspecified atom stereocenters. The van der Waals surface area contributed by atoms with Crippen molar-refractivity contribution in [3.05, 3.63) is 78.8 Å². The van der Waals surface area contributed by atoms with Crippen molar-refractivity contribution in [2.75, 3.05) is 5.32 Å². The Morgan fingerprint density at radius 1 is 0.913 bits per heavy atom. The number of amides is 1. The maximum Gasteiger partial charge on any atom is 0.291 e. The fourth-order valence-corrected chi connectivity index (χ4v) is 2.44. The summed E-state index contributed by atoms with van der Waals surface area (Å²) in [5, 5.41) is 3.85. The number of carbonyl (C=O) groups is 1. The highest BCUT2D eigenvalue weighted by atomic mass is 16.3. The molecule has 4 nitrogen and oxygen atoms in total. The lowest BCUT2D eigenvalue weighted by molar-refractivity contribution is 0.0996. The molecule has 0 saturated carbocycles. The Kier molecular flexibility index (Phi) is 3.20. The van der Waals surface area contributed by atoms with Crippen LogP contribution in [0.5, 0.6) is 0 Å². The van der Waals surface area contributed by atoms with E-state index in [4.69, 9.17) is 8.83 Å². The molecular weight excluding hydrogens is 290 g/mol. The van der Waals surface area contributed by atoms with Crippen LogP contribution in [0.4, 0.5) is 5.69 Å². The van der Waals surface area contributed by atoms with Crippen molar-refractivity contribution in [3.8, 4) is 11.3 Å². The fourth-order valence-electron chi connectivity index (χ4n) is 2.44. The minimum absolute atomic E-state index is 0.272. The van der Waals surface area contributed by atoms with Crippen molar-refractivity contribution in [1.82, 2.24) is 0 Å². The molecule has 112 valence electrons. The second-order valence-corrected chi connectivity index (χ2v) is 5.16. The van der Waals surface area contributed by atoms with Gasteiger partial charge in [-0.05, 0) is 48.5 Å². The van der Waals surface area contributed by atoms with Gasteiger partial charge in [0.15, 0.2) is 5.76 Å². The van der Waals surface area contributed by atoms with Crippen LogP contribution in [-0.2, 0) is 0 Å². The highest BCUT2D eigenvalue weighted by molar-refractivity contribution is 6.02. The van der Waals surface area contributed by atoms with Gasteiger partial charge >= 0.3 is 0 Å². The summed E-state index contributed by atoms with van der Waals surface area (Å²) < 4.78 is 10.9. The van der Waals surface area contributed by atoms with E-state index in [9.17, 15) is 4.79 Å². The minimum Gasteiger partial charge on any atom is -0.459 e. The second-order valence-electron chi connectivity index (χ2n) is 5.16. The molecule has 4 aromatic rings. The maximum atomic E-state index is 11.9. The van der Waals surface area contributed by atoms with Crippen LogP contribution >= 0.6 is 0 Å². The topological polar surface area (TPSA) is 55.4 Å². The van der Waals surface area contributed by atoms with Gasteiger partial charge in [-0.15, -0.1) is 0 Å². The highest BCUT2D eigenvalue weighted by Crippen LogP contribution is 2.28. The average molecular weight is 303 g/mol. The Balaban J connectivity index is 1.57. The van der Waals surface area contributed by atoms with Crippen LogP contribution in [0.15, 0.2) is 81.8 Å². The Morgan fingerprint density at radius 2 is 1.74 bits per heavy atom. The van der Waals surface area contributed by atoms with Crippen LogP contribution in [0.3, 0.4) is 0 Å². The summed E-state index contributed by atoms with van der Waals surface area (Å²) in [5.41, 5.74) is 2.51. The molecule has 4 heteroatoms. The van der Waals surface area contributed by atoms with E-state index in [2.05, 4.69) is 5.32 Å². The van der Waals surface area contributed by atoms with Crippen LogP contribution in [-0.4, -0.2) is 5.91 Å². The first-order chi connectivity index (χ1) is 11.3. The summed E-state index contributed by atoms with van der Waals surface area (Å²) in [7, 11) is 0. The van der Waals surface area contributed by atoms with Crippen molar-refractivity contribution in [2.24, 2.45) is 0 Å². The summed E-state index contributed by atoms with van der Waals surface area (Å²) in [5.74, 6) is 0.813. The number of nitrogens with one attached hydrogen (secondary N) is 1. The average Bonchev–Trinajstić information content (AvgIpc) is 3.25. The second kappa shape index (κ2) is 5.50. The number of rotatable bonds is 3. The van der Waals surface area contributed by atoms with E-state index in [1.165, 1.54) is 6.26 Å². The summed E-state index contributed by atoms with van der Waals surface area (Å²) >= 11 is 0. The Bertz CT molecular complexity index is 917. The molecule has 0 radical (unpaired) electrons. The molecule has 1 N–H and O–H groups in total. The third-order valence-electron chi connectivity index (χ3n) is 3.60. The molecule has 0 aliphatic carbocycles. The van der Waals surface area contributed by atoms with Gasteiger partial charge in [-0.1, -0.05) is 18.2 Å². The van der Waals surface area contributed by atoms with Crippen molar-refractivity contribution in [3.63, 3.8) is 0 Å². The lowest BCUT2D eigenvalue weighted by atomic mass is 10.1. The highest BCUT2D eigenvalue weighted by Gasteiger charge is 2.09. The molecule has 2 aromatic heterocycles. The number of carbonyl (C=O) groups excluding carboxylic acids is 1. The largest absolute Gasteiger partial charge is 0.459 e. The number of para-hydroxylation sites is 1. The van der Waals surface area contributed by atoms with E-state index in [0.29, 0.717) is 5.69 Å². The van der Waals surface area contributed by atoms with Crippen molar-refractivity contribution in [2.45, 2.75) is 0 Å². The standard InChI is InChI=1S/C19H13NO3/c21-19(17-6-3-11-22-17)20-15-9-7-13(8-10-15)18-12-14-4-1-2-5-16(14)23-18/h1-12H,(H,20,21). The van der Waals surface area contributed by atoms with Gasteiger partial charge in [0.25, 0.3) is 5.91 Å². The minimum atomic E-state index is -0.272. The molecule has 0 atom stereocenters. The molecule has 0 saturated heterocycles. The van der Waals surface area contributed by atoms with Crippen LogP contribution in [0.25, 0.3) is 22.3 Å². The first-order valence-corrected chi connectivity index (χ1v) is 7.23. The van der Waals surface area contributed by atoms with Gasteiger partial charge in [0.2, 0.25) is 0 Å². The first-order valence-electron chi connectivity index (χ1n) is 7.23. The smallest absolute Gasteiger partial charge is 0.291 e. The Morgan fingerprint density at radius 3 is 2.48 bits per heavy atom. The molecule has 0 aliphatic heterocycles. The molecule has 1 amide bonds. The van der Waals surface area contributed by atoms with Gasteiger partial charge in [0.1, 0.15) is 11.3 Å². The van der Waals surface area contributed by atoms with Gasteiger partial charge in [0, 0.05) is 16.6 Å². The monoisotopic (exact) mass is 303 g/mol. The van der Waals surface area contributed by atoms with E-state index in [1.807, 2.05) is 54.6 Å². The molecule has 0 aliphatic rings. The first kappa shape index (κ1) is 13.4. The zero-order chi connectivity index (χ0) is 15.6. The summed E-state index contributed by atoms with van der Waals surface area (Å²) in [4.78, 5) is 11.9. The van der Waals surface area contributed by atoms with Crippen molar-refractivity contribution in [1.29, 1.82) is 0 Å². The zero-order valence-corrected chi connectivity index (χ0v) is 12.2. The molecule has 23 heavy (non-hydrogen) atoms. The Hall–Kier alpha value is -3.27. The number of anilines is 1. The van der Waals surface area contributed by atoms with E-state index in [0.717, 1.165) is 22.3 Å². The van der Waals surface area contributed by atoms with E-state index >= 15 is 0 Å². The molecule has 0 fully saturated rings. The summed E-state index contributed by atoms with van der Waals surface area (Å²) in [6.07, 6.45) is 1.47. The third kappa shape index (κ3) is 2.62. The maximum absolute atomic E-state index is 11.9. The van der Waals surface area contributed by atoms with Gasteiger partial charge in [-0.25, -0.2) is 0 Å². The number of benzene rings is 2. The normalized spacial score (nSPS) is 10.8. The van der Waals surface area contributed by atoms with Gasteiger partial charge in [-0.2, -0.15) is 0 Å². The van der Waals surface area contributed by atoms with Gasteiger partial charge in [0.05, 0.1) is 6.26 Å². The zero-order valence-electron chi connectivity index (χ0n) is 12.2. The molecule has 2 aromatic carbocycles. The van der Waals surface area contributed by atoms with Crippen LogP contribution in [0.1, 0.15) is 10.6 Å². The SMILES string of the molecule is O=C(Nc1ccc(-c2cc3ccccc3o2)cc1)c1ccco1. The predicted octanol–water partition coefficient (Wildman–Crippen LogP) is 4.95. The molecule has 0 spiro atoms. The summed E-state index contributed by atoms with van der Waals surface area (Å²) in [6.45, 7) is 0. The van der Waals surface area contributed by atoms with E-state index in [1.54, 1.807) is 12.1 Å². The molecule has 0 bridgehead atoms. The molecule has 4 rings (SSSR count). The fraction of sp³-hybridized carbons (Fsp3) is 0. The quantitative estimate of drug-likeness (QED) is 0.583. The third-order valence-corrected chi connectivity index (χ3v) is 3.60. The number of fused-ring (bicyclic) bond motifs is 1. The van der Waals surface area contributed by atoms with Crippen molar-refractivity contribution < 1.29 is 13.6 Å². The number of furan rings is 2. The van der Waals surface area contributed by atoms with Crippen LogP contribution < -0.4 is 5.32 Å². The molecule has 2 heterocycles. The number of hydrogen-bond donors (Lipinski definition) is 1. The van der Waals surface area contributed by atoms with Gasteiger partial charge < -0.3 is 14.2 Å². The van der Waals surface area contributed by atoms with Crippen molar-refractivity contribution >= 4 is 22.6 Å². The van der Waals surface area contributed by atoms with Crippen LogP contribution in [0, 0.1) is 0 Å². The molecular formula is C19H13NO3. The van der Waals surface area contributed by atoms with E-state index < -0.39 is 0 Å². The summed E-state index contributed by atoms with van der Waals surface area (Å²) in [6, 6.07) is 20.7. The Labute approximate surface area is 132 Å². The predicted molar refractivity (Wildman–Crippen MR) is 88.3 cm³/mol. The lowest BCUT2D eigenvalue weighted by Crippen LogP contribution is -2.10. The number of hydrogen-bond acceptors (Lipinski definition) is 3. The van der Waals surface area contributed by atoms with Gasteiger partial charge in [-0.3, -0.25) is 4.79 Å². The van der Waals surface area contributed by atoms with Crippen LogP contribution in [0.2, 0.25) is 0 Å². The van der Waals surface area contributed by atoms with E-state index in [-0.39, 0.29) is 11.7 Å².